The number of ether oxygens (including phenoxy) is 1. The van der Waals surface area contributed by atoms with Crippen molar-refractivity contribution in [3.63, 3.8) is 0 Å². The van der Waals surface area contributed by atoms with Gasteiger partial charge in [0.2, 0.25) is 0 Å². The van der Waals surface area contributed by atoms with Crippen LogP contribution in [0.5, 0.6) is 5.75 Å². The first-order valence-corrected chi connectivity index (χ1v) is 8.49. The minimum Gasteiger partial charge on any atom is -0.484 e. The third kappa shape index (κ3) is 5.52. The summed E-state index contributed by atoms with van der Waals surface area (Å²) in [6, 6.07) is 13.3. The highest BCUT2D eigenvalue weighted by molar-refractivity contribution is 5.63. The third-order valence-corrected chi connectivity index (χ3v) is 4.08. The fourth-order valence-corrected chi connectivity index (χ4v) is 2.64. The molecule has 0 spiro atoms. The van der Waals surface area contributed by atoms with E-state index in [1.54, 1.807) is 24.4 Å². The zero-order valence-electron chi connectivity index (χ0n) is 14.6. The van der Waals surface area contributed by atoms with Crippen LogP contribution in [-0.4, -0.2) is 17.8 Å². The Bertz CT molecular complexity index is 921. The largest absolute Gasteiger partial charge is 0.484 e. The number of pyridine rings is 1. The SMILES string of the molecule is Fc1ccc(CCc2ccc(-c3ccc(OCC(F)(F)F)cc3)cn2)c(F)c1. The van der Waals surface area contributed by atoms with Crippen LogP contribution in [-0.2, 0) is 12.8 Å². The maximum Gasteiger partial charge on any atom is 0.422 e. The summed E-state index contributed by atoms with van der Waals surface area (Å²) in [6.07, 6.45) is -1.85. The number of hydrogen-bond donors (Lipinski definition) is 0. The lowest BCUT2D eigenvalue weighted by molar-refractivity contribution is -0.153. The number of aromatic nitrogens is 1. The van der Waals surface area contributed by atoms with Crippen LogP contribution in [0.4, 0.5) is 22.0 Å². The fourth-order valence-electron chi connectivity index (χ4n) is 2.64. The summed E-state index contributed by atoms with van der Waals surface area (Å²) in [4.78, 5) is 4.33. The van der Waals surface area contributed by atoms with Crippen molar-refractivity contribution >= 4 is 0 Å². The van der Waals surface area contributed by atoms with Gasteiger partial charge in [-0.25, -0.2) is 8.78 Å². The van der Waals surface area contributed by atoms with Crippen LogP contribution >= 0.6 is 0 Å². The molecule has 28 heavy (non-hydrogen) atoms. The standard InChI is InChI=1S/C21H16F5NO/c22-17-6-1-15(20(23)11-17)2-7-18-8-3-16(12-27-18)14-4-9-19(10-5-14)28-13-21(24,25)26/h1,3-6,8-12H,2,7,13H2. The number of hydrogen-bond acceptors (Lipinski definition) is 2. The predicted octanol–water partition coefficient (Wildman–Crippen LogP) is 5.75. The van der Waals surface area contributed by atoms with Crippen molar-refractivity contribution in [2.75, 3.05) is 6.61 Å². The topological polar surface area (TPSA) is 22.1 Å². The van der Waals surface area contributed by atoms with Crippen LogP contribution in [0.3, 0.4) is 0 Å². The molecule has 2 nitrogen and oxygen atoms in total. The van der Waals surface area contributed by atoms with Gasteiger partial charge in [-0.2, -0.15) is 13.2 Å². The smallest absolute Gasteiger partial charge is 0.422 e. The summed E-state index contributed by atoms with van der Waals surface area (Å²) in [5.74, 6) is -1.06. The molecule has 0 aliphatic carbocycles. The van der Waals surface area contributed by atoms with E-state index in [4.69, 9.17) is 0 Å². The molecular formula is C21H16F5NO. The zero-order chi connectivity index (χ0) is 20.1. The first-order chi connectivity index (χ1) is 13.3. The summed E-state index contributed by atoms with van der Waals surface area (Å²) in [5.41, 5.74) is 2.74. The van der Waals surface area contributed by atoms with E-state index in [-0.39, 0.29) is 5.75 Å². The van der Waals surface area contributed by atoms with E-state index in [1.165, 1.54) is 24.3 Å². The molecule has 0 N–H and O–H groups in total. The number of nitrogens with zero attached hydrogens (tertiary/aromatic N) is 1. The highest BCUT2D eigenvalue weighted by atomic mass is 19.4. The Balaban J connectivity index is 1.60. The average molecular weight is 393 g/mol. The molecule has 0 saturated heterocycles. The van der Waals surface area contributed by atoms with Crippen LogP contribution in [0.25, 0.3) is 11.1 Å². The van der Waals surface area contributed by atoms with Crippen LogP contribution in [0.1, 0.15) is 11.3 Å². The van der Waals surface area contributed by atoms with Gasteiger partial charge in [-0.1, -0.05) is 24.3 Å². The summed E-state index contributed by atoms with van der Waals surface area (Å²) >= 11 is 0. The molecule has 0 aliphatic heterocycles. The van der Waals surface area contributed by atoms with E-state index >= 15 is 0 Å². The van der Waals surface area contributed by atoms with Gasteiger partial charge in [-0.3, -0.25) is 4.98 Å². The Hall–Kier alpha value is -2.96. The van der Waals surface area contributed by atoms with Crippen LogP contribution in [0, 0.1) is 11.6 Å². The number of rotatable bonds is 6. The normalized spacial score (nSPS) is 11.5. The van der Waals surface area contributed by atoms with Crippen molar-refractivity contribution in [1.29, 1.82) is 0 Å². The Labute approximate surface area is 158 Å². The van der Waals surface area contributed by atoms with Gasteiger partial charge in [0.05, 0.1) is 0 Å². The van der Waals surface area contributed by atoms with Crippen molar-refractivity contribution in [2.24, 2.45) is 0 Å². The molecule has 0 radical (unpaired) electrons. The van der Waals surface area contributed by atoms with Crippen molar-refractivity contribution in [1.82, 2.24) is 4.98 Å². The first-order valence-electron chi connectivity index (χ1n) is 8.49. The number of alkyl halides is 3. The molecule has 3 aromatic rings. The molecule has 0 amide bonds. The summed E-state index contributed by atoms with van der Waals surface area (Å²) in [6.45, 7) is -1.34. The van der Waals surface area contributed by atoms with Gasteiger partial charge in [0, 0.05) is 23.5 Å². The lowest BCUT2D eigenvalue weighted by atomic mass is 10.0. The van der Waals surface area contributed by atoms with E-state index < -0.39 is 24.4 Å². The molecule has 146 valence electrons. The molecule has 3 rings (SSSR count). The summed E-state index contributed by atoms with van der Waals surface area (Å²) in [7, 11) is 0. The summed E-state index contributed by atoms with van der Waals surface area (Å²) < 4.78 is 67.8. The second-order valence-corrected chi connectivity index (χ2v) is 6.20. The van der Waals surface area contributed by atoms with E-state index in [0.717, 1.165) is 22.9 Å². The number of benzene rings is 2. The fraction of sp³-hybridized carbons (Fsp3) is 0.190. The Morgan fingerprint density at radius 3 is 2.14 bits per heavy atom. The van der Waals surface area contributed by atoms with E-state index in [1.807, 2.05) is 6.07 Å². The minimum absolute atomic E-state index is 0.131. The summed E-state index contributed by atoms with van der Waals surface area (Å²) in [5, 5.41) is 0. The quantitative estimate of drug-likeness (QED) is 0.497. The van der Waals surface area contributed by atoms with Gasteiger partial charge in [0.25, 0.3) is 0 Å². The lowest BCUT2D eigenvalue weighted by Gasteiger charge is -2.10. The van der Waals surface area contributed by atoms with Gasteiger partial charge in [0.1, 0.15) is 17.4 Å². The number of aryl methyl sites for hydroxylation is 2. The zero-order valence-corrected chi connectivity index (χ0v) is 14.6. The second-order valence-electron chi connectivity index (χ2n) is 6.20. The van der Waals surface area contributed by atoms with E-state index in [9.17, 15) is 22.0 Å². The monoisotopic (exact) mass is 393 g/mol. The van der Waals surface area contributed by atoms with Gasteiger partial charge in [-0.05, 0) is 48.2 Å². The Kier molecular flexibility index (Phi) is 5.92. The second kappa shape index (κ2) is 8.37. The molecule has 0 bridgehead atoms. The number of halogens is 5. The van der Waals surface area contributed by atoms with Gasteiger partial charge in [0.15, 0.2) is 6.61 Å². The van der Waals surface area contributed by atoms with Crippen molar-refractivity contribution < 1.29 is 26.7 Å². The maximum atomic E-state index is 13.7. The molecule has 0 saturated carbocycles. The van der Waals surface area contributed by atoms with Gasteiger partial charge < -0.3 is 4.74 Å². The lowest BCUT2D eigenvalue weighted by Crippen LogP contribution is -2.19. The van der Waals surface area contributed by atoms with Crippen LogP contribution < -0.4 is 4.74 Å². The Morgan fingerprint density at radius 1 is 0.821 bits per heavy atom. The van der Waals surface area contributed by atoms with Crippen molar-refractivity contribution in [3.8, 4) is 16.9 Å². The van der Waals surface area contributed by atoms with E-state index in [0.29, 0.717) is 18.4 Å². The Morgan fingerprint density at radius 2 is 1.54 bits per heavy atom. The average Bonchev–Trinajstić information content (AvgIpc) is 2.66. The van der Waals surface area contributed by atoms with Crippen molar-refractivity contribution in [3.05, 3.63) is 83.7 Å². The third-order valence-electron chi connectivity index (χ3n) is 4.08. The molecule has 1 aromatic heterocycles. The molecular weight excluding hydrogens is 377 g/mol. The van der Waals surface area contributed by atoms with Crippen LogP contribution in [0.2, 0.25) is 0 Å². The molecule has 2 aromatic carbocycles. The maximum absolute atomic E-state index is 13.7. The first kappa shape index (κ1) is 19.8. The van der Waals surface area contributed by atoms with Gasteiger partial charge >= 0.3 is 6.18 Å². The van der Waals surface area contributed by atoms with E-state index in [2.05, 4.69) is 9.72 Å². The molecule has 0 unspecified atom stereocenters. The predicted molar refractivity (Wildman–Crippen MR) is 95.0 cm³/mol. The molecule has 0 aliphatic rings. The van der Waals surface area contributed by atoms with Crippen LogP contribution in [0.15, 0.2) is 60.8 Å². The molecule has 7 heteroatoms. The molecule has 1 heterocycles. The molecule has 0 atom stereocenters. The minimum atomic E-state index is -4.38. The highest BCUT2D eigenvalue weighted by Gasteiger charge is 2.28. The van der Waals surface area contributed by atoms with Crippen molar-refractivity contribution in [2.45, 2.75) is 19.0 Å². The highest BCUT2D eigenvalue weighted by Crippen LogP contribution is 2.24. The molecule has 0 fully saturated rings. The van der Waals surface area contributed by atoms with Gasteiger partial charge in [-0.15, -0.1) is 0 Å².